The third-order valence-electron chi connectivity index (χ3n) is 4.87. The standard InChI is InChI=1S/C16H21FN2O2S/c17-14-2-1-5-18-15(14)21-13-8-16(22-9-13)10-19(11-16)12-3-6-20-7-4-12/h1-2,5,12-13H,3-4,6-11H2. The van der Waals surface area contributed by atoms with Gasteiger partial charge in [-0.2, -0.15) is 0 Å². The molecule has 1 atom stereocenters. The molecule has 6 heteroatoms. The number of hydrogen-bond acceptors (Lipinski definition) is 5. The van der Waals surface area contributed by atoms with Crippen LogP contribution in [0.2, 0.25) is 0 Å². The third kappa shape index (κ3) is 2.84. The smallest absolute Gasteiger partial charge is 0.250 e. The van der Waals surface area contributed by atoms with E-state index in [2.05, 4.69) is 9.88 Å². The van der Waals surface area contributed by atoms with Gasteiger partial charge in [-0.05, 0) is 25.0 Å². The first-order valence-electron chi connectivity index (χ1n) is 7.97. The summed E-state index contributed by atoms with van der Waals surface area (Å²) < 4.78 is 25.1. The van der Waals surface area contributed by atoms with Gasteiger partial charge in [0.05, 0.1) is 0 Å². The molecule has 1 aromatic rings. The van der Waals surface area contributed by atoms with Crippen molar-refractivity contribution in [1.82, 2.24) is 9.88 Å². The van der Waals surface area contributed by atoms with Gasteiger partial charge >= 0.3 is 0 Å². The minimum Gasteiger partial charge on any atom is -0.471 e. The number of aromatic nitrogens is 1. The van der Waals surface area contributed by atoms with Crippen molar-refractivity contribution in [2.75, 3.05) is 32.1 Å². The maximum Gasteiger partial charge on any atom is 0.250 e. The predicted molar refractivity (Wildman–Crippen MR) is 83.8 cm³/mol. The second-order valence-electron chi connectivity index (χ2n) is 6.48. The van der Waals surface area contributed by atoms with Gasteiger partial charge in [-0.3, -0.25) is 4.90 Å². The molecule has 0 N–H and O–H groups in total. The van der Waals surface area contributed by atoms with Crippen molar-refractivity contribution in [2.24, 2.45) is 0 Å². The molecule has 0 amide bonds. The first-order valence-corrected chi connectivity index (χ1v) is 8.96. The van der Waals surface area contributed by atoms with Gasteiger partial charge in [-0.25, -0.2) is 9.37 Å². The summed E-state index contributed by atoms with van der Waals surface area (Å²) in [6, 6.07) is 3.68. The van der Waals surface area contributed by atoms with E-state index in [0.29, 0.717) is 10.8 Å². The lowest BCUT2D eigenvalue weighted by Crippen LogP contribution is -2.62. The van der Waals surface area contributed by atoms with Crippen LogP contribution in [0.4, 0.5) is 4.39 Å². The molecule has 120 valence electrons. The Bertz CT molecular complexity index is 533. The lowest BCUT2D eigenvalue weighted by molar-refractivity contribution is -0.00970. The fourth-order valence-corrected chi connectivity index (χ4v) is 5.26. The van der Waals surface area contributed by atoms with E-state index < -0.39 is 0 Å². The van der Waals surface area contributed by atoms with Gasteiger partial charge in [0.25, 0.3) is 5.88 Å². The van der Waals surface area contributed by atoms with Gasteiger partial charge in [0, 0.05) is 55.5 Å². The molecule has 0 bridgehead atoms. The Hall–Kier alpha value is -0.850. The average Bonchev–Trinajstić information content (AvgIpc) is 2.93. The number of hydrogen-bond donors (Lipinski definition) is 0. The summed E-state index contributed by atoms with van der Waals surface area (Å²) in [7, 11) is 0. The Morgan fingerprint density at radius 2 is 2.18 bits per heavy atom. The van der Waals surface area contributed by atoms with Crippen molar-refractivity contribution in [1.29, 1.82) is 0 Å². The van der Waals surface area contributed by atoms with Crippen molar-refractivity contribution in [2.45, 2.75) is 36.2 Å². The number of pyridine rings is 1. The number of halogens is 1. The van der Waals surface area contributed by atoms with E-state index in [4.69, 9.17) is 9.47 Å². The molecule has 1 spiro atoms. The summed E-state index contributed by atoms with van der Waals surface area (Å²) in [4.78, 5) is 6.57. The van der Waals surface area contributed by atoms with Gasteiger partial charge in [-0.15, -0.1) is 11.8 Å². The molecule has 3 saturated heterocycles. The molecule has 4 rings (SSSR count). The maximum absolute atomic E-state index is 13.6. The van der Waals surface area contributed by atoms with E-state index in [1.165, 1.54) is 6.07 Å². The number of ether oxygens (including phenoxy) is 2. The molecule has 1 unspecified atom stereocenters. The largest absolute Gasteiger partial charge is 0.471 e. The Labute approximate surface area is 134 Å². The van der Waals surface area contributed by atoms with Crippen LogP contribution in [-0.2, 0) is 4.74 Å². The fourth-order valence-electron chi connectivity index (χ4n) is 3.72. The molecule has 0 aliphatic carbocycles. The fraction of sp³-hybridized carbons (Fsp3) is 0.688. The van der Waals surface area contributed by atoms with Gasteiger partial charge < -0.3 is 9.47 Å². The highest BCUT2D eigenvalue weighted by Crippen LogP contribution is 2.47. The average molecular weight is 324 g/mol. The van der Waals surface area contributed by atoms with Gasteiger partial charge in [0.2, 0.25) is 0 Å². The molecule has 1 aromatic heterocycles. The van der Waals surface area contributed by atoms with E-state index in [-0.39, 0.29) is 17.8 Å². The molecule has 4 nitrogen and oxygen atoms in total. The lowest BCUT2D eigenvalue weighted by atomic mass is 9.89. The molecule has 3 aliphatic heterocycles. The highest BCUT2D eigenvalue weighted by atomic mass is 32.2. The monoisotopic (exact) mass is 324 g/mol. The van der Waals surface area contributed by atoms with Crippen LogP contribution in [0, 0.1) is 5.82 Å². The number of nitrogens with zero attached hydrogens (tertiary/aromatic N) is 2. The van der Waals surface area contributed by atoms with Gasteiger partial charge in [0.1, 0.15) is 6.10 Å². The van der Waals surface area contributed by atoms with Crippen LogP contribution in [0.5, 0.6) is 5.88 Å². The van der Waals surface area contributed by atoms with Gasteiger partial charge in [0.15, 0.2) is 5.82 Å². The maximum atomic E-state index is 13.6. The molecule has 22 heavy (non-hydrogen) atoms. The SMILES string of the molecule is Fc1cccnc1OC1CSC2(C1)CN(C1CCOCC1)C2. The summed E-state index contributed by atoms with van der Waals surface area (Å²) in [5.74, 6) is 0.703. The molecule has 0 saturated carbocycles. The number of thioether (sulfide) groups is 1. The Balaban J connectivity index is 1.31. The van der Waals surface area contributed by atoms with E-state index >= 15 is 0 Å². The summed E-state index contributed by atoms with van der Waals surface area (Å²) in [5, 5.41) is 0. The summed E-state index contributed by atoms with van der Waals surface area (Å²) in [6.07, 6.45) is 4.95. The van der Waals surface area contributed by atoms with E-state index in [0.717, 1.165) is 51.3 Å². The zero-order valence-corrected chi connectivity index (χ0v) is 13.4. The van der Waals surface area contributed by atoms with Gasteiger partial charge in [-0.1, -0.05) is 0 Å². The van der Waals surface area contributed by atoms with Crippen LogP contribution in [0.15, 0.2) is 18.3 Å². The quantitative estimate of drug-likeness (QED) is 0.853. The third-order valence-corrected chi connectivity index (χ3v) is 6.44. The molecule has 4 heterocycles. The van der Waals surface area contributed by atoms with Crippen molar-refractivity contribution in [3.63, 3.8) is 0 Å². The van der Waals surface area contributed by atoms with Crippen molar-refractivity contribution >= 4 is 11.8 Å². The first-order chi connectivity index (χ1) is 10.7. The van der Waals surface area contributed by atoms with E-state index in [1.807, 2.05) is 11.8 Å². The highest BCUT2D eigenvalue weighted by Gasteiger charge is 2.51. The zero-order valence-electron chi connectivity index (χ0n) is 12.5. The van der Waals surface area contributed by atoms with Crippen LogP contribution in [0.3, 0.4) is 0 Å². The summed E-state index contributed by atoms with van der Waals surface area (Å²) >= 11 is 1.98. The topological polar surface area (TPSA) is 34.6 Å². The highest BCUT2D eigenvalue weighted by molar-refractivity contribution is 8.01. The van der Waals surface area contributed by atoms with Crippen molar-refractivity contribution in [3.8, 4) is 5.88 Å². The minimum atomic E-state index is -0.370. The Morgan fingerprint density at radius 1 is 1.36 bits per heavy atom. The molecule has 0 aromatic carbocycles. The van der Waals surface area contributed by atoms with Crippen LogP contribution in [0.25, 0.3) is 0 Å². The van der Waals surface area contributed by atoms with E-state index in [1.54, 1.807) is 12.3 Å². The Morgan fingerprint density at radius 3 is 2.95 bits per heavy atom. The molecular formula is C16H21FN2O2S. The molecule has 3 fully saturated rings. The molecular weight excluding hydrogens is 303 g/mol. The zero-order chi connectivity index (χ0) is 15.0. The molecule has 3 aliphatic rings. The second kappa shape index (κ2) is 5.98. The van der Waals surface area contributed by atoms with Crippen LogP contribution in [0.1, 0.15) is 19.3 Å². The van der Waals surface area contributed by atoms with Crippen LogP contribution < -0.4 is 4.74 Å². The van der Waals surface area contributed by atoms with Crippen molar-refractivity contribution in [3.05, 3.63) is 24.1 Å². The predicted octanol–water partition coefficient (Wildman–Crippen LogP) is 2.34. The normalized spacial score (nSPS) is 28.7. The minimum absolute atomic E-state index is 0.0752. The number of rotatable bonds is 3. The summed E-state index contributed by atoms with van der Waals surface area (Å²) in [6.45, 7) is 4.05. The number of likely N-dealkylation sites (tertiary alicyclic amines) is 1. The van der Waals surface area contributed by atoms with E-state index in [9.17, 15) is 4.39 Å². The Kier molecular flexibility index (Phi) is 4.00. The first kappa shape index (κ1) is 14.7. The summed E-state index contributed by atoms with van der Waals surface area (Å²) in [5.41, 5.74) is 0. The second-order valence-corrected chi connectivity index (χ2v) is 7.96. The molecule has 0 radical (unpaired) electrons. The van der Waals surface area contributed by atoms with Crippen LogP contribution >= 0.6 is 11.8 Å². The van der Waals surface area contributed by atoms with Crippen molar-refractivity contribution < 1.29 is 13.9 Å². The lowest BCUT2D eigenvalue weighted by Gasteiger charge is -2.52. The van der Waals surface area contributed by atoms with Crippen LogP contribution in [-0.4, -0.2) is 58.8 Å².